The highest BCUT2D eigenvalue weighted by molar-refractivity contribution is 5.79. The van der Waals surface area contributed by atoms with Crippen molar-refractivity contribution in [3.63, 3.8) is 0 Å². The van der Waals surface area contributed by atoms with E-state index in [0.29, 0.717) is 6.04 Å². The van der Waals surface area contributed by atoms with Crippen LogP contribution in [-0.2, 0) is 4.79 Å². The first kappa shape index (κ1) is 11.9. The Morgan fingerprint density at radius 2 is 2.12 bits per heavy atom. The van der Waals surface area contributed by atoms with Crippen molar-refractivity contribution in [1.82, 2.24) is 10.2 Å². The molecule has 0 amide bonds. The van der Waals surface area contributed by atoms with Crippen molar-refractivity contribution >= 4 is 5.97 Å². The Morgan fingerprint density at radius 1 is 1.44 bits per heavy atom. The Labute approximate surface area is 97.0 Å². The van der Waals surface area contributed by atoms with Gasteiger partial charge in [-0.25, -0.2) is 0 Å². The SMILES string of the molecule is CCNC1(C(=O)O)CCC(N(C)C2CC2)C1. The second-order valence-electron chi connectivity index (χ2n) is 5.21. The molecule has 0 aromatic rings. The van der Waals surface area contributed by atoms with Crippen LogP contribution in [0.25, 0.3) is 0 Å². The molecule has 2 rings (SSSR count). The molecule has 2 saturated carbocycles. The molecule has 0 spiro atoms. The number of rotatable bonds is 5. The van der Waals surface area contributed by atoms with E-state index >= 15 is 0 Å². The van der Waals surface area contributed by atoms with E-state index in [2.05, 4.69) is 17.3 Å². The third-order valence-electron chi connectivity index (χ3n) is 4.11. The van der Waals surface area contributed by atoms with Crippen LogP contribution in [0.3, 0.4) is 0 Å². The van der Waals surface area contributed by atoms with Crippen LogP contribution in [0.2, 0.25) is 0 Å². The summed E-state index contributed by atoms with van der Waals surface area (Å²) in [5.74, 6) is -0.680. The molecule has 4 heteroatoms. The lowest BCUT2D eigenvalue weighted by atomic mass is 9.97. The zero-order chi connectivity index (χ0) is 11.8. The molecule has 0 heterocycles. The van der Waals surface area contributed by atoms with E-state index in [1.54, 1.807) is 0 Å². The molecule has 0 saturated heterocycles. The third-order valence-corrected chi connectivity index (χ3v) is 4.11. The van der Waals surface area contributed by atoms with Crippen LogP contribution in [0.4, 0.5) is 0 Å². The molecule has 0 bridgehead atoms. The summed E-state index contributed by atoms with van der Waals surface area (Å²) < 4.78 is 0. The molecule has 0 aromatic carbocycles. The quantitative estimate of drug-likeness (QED) is 0.736. The average molecular weight is 226 g/mol. The Hall–Kier alpha value is -0.610. The number of hydrogen-bond acceptors (Lipinski definition) is 3. The molecule has 92 valence electrons. The molecule has 2 aliphatic carbocycles. The van der Waals surface area contributed by atoms with E-state index in [-0.39, 0.29) is 0 Å². The highest BCUT2D eigenvalue weighted by Gasteiger charge is 2.47. The zero-order valence-electron chi connectivity index (χ0n) is 10.2. The topological polar surface area (TPSA) is 52.6 Å². The van der Waals surface area contributed by atoms with Gasteiger partial charge in [0.15, 0.2) is 0 Å². The minimum atomic E-state index is -0.680. The van der Waals surface area contributed by atoms with E-state index < -0.39 is 11.5 Å². The van der Waals surface area contributed by atoms with Gasteiger partial charge >= 0.3 is 5.97 Å². The fraction of sp³-hybridized carbons (Fsp3) is 0.917. The van der Waals surface area contributed by atoms with Gasteiger partial charge in [0.05, 0.1) is 0 Å². The van der Waals surface area contributed by atoms with Crippen molar-refractivity contribution in [2.24, 2.45) is 0 Å². The molecule has 0 radical (unpaired) electrons. The predicted octanol–water partition coefficient (Wildman–Crippen LogP) is 1.07. The number of carbonyl (C=O) groups is 1. The van der Waals surface area contributed by atoms with Crippen LogP contribution in [0.1, 0.15) is 39.0 Å². The Morgan fingerprint density at radius 3 is 2.62 bits per heavy atom. The summed E-state index contributed by atoms with van der Waals surface area (Å²) in [5.41, 5.74) is -0.664. The zero-order valence-corrected chi connectivity index (χ0v) is 10.2. The molecular formula is C12H22N2O2. The van der Waals surface area contributed by atoms with Crippen LogP contribution < -0.4 is 5.32 Å². The highest BCUT2D eigenvalue weighted by Crippen LogP contribution is 2.37. The molecule has 4 nitrogen and oxygen atoms in total. The molecule has 0 aliphatic heterocycles. The molecule has 2 fully saturated rings. The molecule has 2 unspecified atom stereocenters. The van der Waals surface area contributed by atoms with Gasteiger partial charge in [-0.3, -0.25) is 4.79 Å². The first-order chi connectivity index (χ1) is 7.59. The van der Waals surface area contributed by atoms with E-state index in [1.807, 2.05) is 6.92 Å². The number of nitrogens with one attached hydrogen (secondary N) is 1. The van der Waals surface area contributed by atoms with Gasteiger partial charge in [-0.15, -0.1) is 0 Å². The van der Waals surface area contributed by atoms with E-state index in [9.17, 15) is 9.90 Å². The molecule has 0 aromatic heterocycles. The lowest BCUT2D eigenvalue weighted by Crippen LogP contribution is -2.51. The second kappa shape index (κ2) is 4.34. The fourth-order valence-electron chi connectivity index (χ4n) is 2.92. The van der Waals surface area contributed by atoms with Crippen LogP contribution in [-0.4, -0.2) is 47.2 Å². The van der Waals surface area contributed by atoms with E-state index in [0.717, 1.165) is 31.8 Å². The minimum Gasteiger partial charge on any atom is -0.480 e. The summed E-state index contributed by atoms with van der Waals surface area (Å²) in [6.07, 6.45) is 5.09. The monoisotopic (exact) mass is 226 g/mol. The summed E-state index contributed by atoms with van der Waals surface area (Å²) in [4.78, 5) is 13.8. The standard InChI is InChI=1S/C12H22N2O2/c1-3-13-12(11(15)16)7-6-10(8-12)14(2)9-4-5-9/h9-10,13H,3-8H2,1-2H3,(H,15,16). The third kappa shape index (κ3) is 2.09. The molecule has 16 heavy (non-hydrogen) atoms. The van der Waals surface area contributed by atoms with Gasteiger partial charge in [-0.2, -0.15) is 0 Å². The molecule has 2 atom stereocenters. The highest BCUT2D eigenvalue weighted by atomic mass is 16.4. The first-order valence-electron chi connectivity index (χ1n) is 6.29. The predicted molar refractivity (Wildman–Crippen MR) is 62.5 cm³/mol. The van der Waals surface area contributed by atoms with Gasteiger partial charge in [-0.1, -0.05) is 6.92 Å². The van der Waals surface area contributed by atoms with Gasteiger partial charge in [-0.05, 0) is 45.7 Å². The number of carboxylic acids is 1. The summed E-state index contributed by atoms with van der Waals surface area (Å²) in [7, 11) is 2.15. The van der Waals surface area contributed by atoms with Gasteiger partial charge in [0.1, 0.15) is 5.54 Å². The Kier molecular flexibility index (Phi) is 3.22. The van der Waals surface area contributed by atoms with Crippen LogP contribution >= 0.6 is 0 Å². The summed E-state index contributed by atoms with van der Waals surface area (Å²) in [6.45, 7) is 2.70. The van der Waals surface area contributed by atoms with Gasteiger partial charge in [0.25, 0.3) is 0 Å². The fourth-order valence-corrected chi connectivity index (χ4v) is 2.92. The van der Waals surface area contributed by atoms with Crippen molar-refractivity contribution in [1.29, 1.82) is 0 Å². The maximum Gasteiger partial charge on any atom is 0.323 e. The van der Waals surface area contributed by atoms with Crippen LogP contribution in [0.5, 0.6) is 0 Å². The lowest BCUT2D eigenvalue weighted by Gasteiger charge is -2.28. The summed E-state index contributed by atoms with van der Waals surface area (Å²) >= 11 is 0. The number of hydrogen-bond donors (Lipinski definition) is 2. The molecule has 2 N–H and O–H groups in total. The van der Waals surface area contributed by atoms with Crippen molar-refractivity contribution in [2.45, 2.75) is 56.7 Å². The summed E-state index contributed by atoms with van der Waals surface area (Å²) in [6, 6.07) is 1.17. The van der Waals surface area contributed by atoms with Crippen LogP contribution in [0, 0.1) is 0 Å². The van der Waals surface area contributed by atoms with Gasteiger partial charge in [0, 0.05) is 12.1 Å². The van der Waals surface area contributed by atoms with E-state index in [4.69, 9.17) is 0 Å². The van der Waals surface area contributed by atoms with Crippen molar-refractivity contribution in [2.75, 3.05) is 13.6 Å². The average Bonchev–Trinajstić information content (AvgIpc) is 2.99. The maximum absolute atomic E-state index is 11.4. The maximum atomic E-state index is 11.4. The smallest absolute Gasteiger partial charge is 0.323 e. The second-order valence-corrected chi connectivity index (χ2v) is 5.21. The minimum absolute atomic E-state index is 0.447. The van der Waals surface area contributed by atoms with Crippen molar-refractivity contribution < 1.29 is 9.90 Å². The van der Waals surface area contributed by atoms with Crippen molar-refractivity contribution in [3.8, 4) is 0 Å². The lowest BCUT2D eigenvalue weighted by molar-refractivity contribution is -0.144. The van der Waals surface area contributed by atoms with Gasteiger partial charge in [0.2, 0.25) is 0 Å². The number of likely N-dealkylation sites (N-methyl/N-ethyl adjacent to an activating group) is 1. The van der Waals surface area contributed by atoms with Crippen molar-refractivity contribution in [3.05, 3.63) is 0 Å². The summed E-state index contributed by atoms with van der Waals surface area (Å²) in [5, 5.41) is 12.5. The molecule has 2 aliphatic rings. The number of nitrogens with zero attached hydrogens (tertiary/aromatic N) is 1. The normalized spacial score (nSPS) is 34.6. The Balaban J connectivity index is 2.00. The van der Waals surface area contributed by atoms with E-state index in [1.165, 1.54) is 12.8 Å². The number of aliphatic carboxylic acids is 1. The molecular weight excluding hydrogens is 204 g/mol. The van der Waals surface area contributed by atoms with Crippen LogP contribution in [0.15, 0.2) is 0 Å². The van der Waals surface area contributed by atoms with Gasteiger partial charge < -0.3 is 15.3 Å². The first-order valence-corrected chi connectivity index (χ1v) is 6.29. The Bertz CT molecular complexity index is 278. The largest absolute Gasteiger partial charge is 0.480 e. The number of carboxylic acid groups (broad SMARTS) is 1.